The monoisotopic (exact) mass is 304 g/mol. The molecule has 4 aliphatic carbocycles. The van der Waals surface area contributed by atoms with E-state index in [1.54, 1.807) is 0 Å². The van der Waals surface area contributed by atoms with Crippen molar-refractivity contribution in [2.75, 3.05) is 0 Å². The van der Waals surface area contributed by atoms with Gasteiger partial charge in [-0.05, 0) is 85.9 Å². The van der Waals surface area contributed by atoms with Crippen LogP contribution >= 0.6 is 0 Å². The number of fused-ring (bicyclic) bond motifs is 5. The van der Waals surface area contributed by atoms with Gasteiger partial charge in [-0.25, -0.2) is 0 Å². The zero-order valence-electron chi connectivity index (χ0n) is 14.3. The minimum atomic E-state index is -0.527. The molecule has 7 atom stereocenters. The number of carbonyl (C=O) groups is 1. The van der Waals surface area contributed by atoms with Gasteiger partial charge >= 0.3 is 5.97 Å². The Hall–Kier alpha value is -0.530. The molecule has 4 fully saturated rings. The number of aliphatic carboxylic acids is 1. The molecule has 0 heterocycles. The molecular weight excluding hydrogens is 272 g/mol. The fourth-order valence-electron chi connectivity index (χ4n) is 7.70. The molecule has 1 unspecified atom stereocenters. The molecule has 22 heavy (non-hydrogen) atoms. The number of hydrogen-bond acceptors (Lipinski definition) is 1. The Morgan fingerprint density at radius 2 is 1.64 bits per heavy atom. The normalized spacial score (nSPS) is 54.2. The van der Waals surface area contributed by atoms with E-state index in [1.165, 1.54) is 51.4 Å². The van der Waals surface area contributed by atoms with Crippen LogP contribution in [0.1, 0.15) is 78.1 Å². The van der Waals surface area contributed by atoms with Gasteiger partial charge < -0.3 is 5.11 Å². The van der Waals surface area contributed by atoms with Gasteiger partial charge in [-0.1, -0.05) is 26.7 Å². The van der Waals surface area contributed by atoms with Gasteiger partial charge in [-0.2, -0.15) is 0 Å². The molecule has 0 saturated heterocycles. The average molecular weight is 304 g/mol. The molecule has 0 aromatic rings. The van der Waals surface area contributed by atoms with Crippen LogP contribution in [0.2, 0.25) is 0 Å². The van der Waals surface area contributed by atoms with Crippen LogP contribution in [-0.2, 0) is 4.79 Å². The first-order valence-electron chi connectivity index (χ1n) is 9.69. The number of carboxylic acid groups (broad SMARTS) is 1. The van der Waals surface area contributed by atoms with Crippen molar-refractivity contribution in [1.29, 1.82) is 0 Å². The summed E-state index contributed by atoms with van der Waals surface area (Å²) in [7, 11) is 0. The van der Waals surface area contributed by atoms with Crippen molar-refractivity contribution in [3.63, 3.8) is 0 Å². The largest absolute Gasteiger partial charge is 0.481 e. The molecule has 2 nitrogen and oxygen atoms in total. The van der Waals surface area contributed by atoms with Crippen LogP contribution in [0.15, 0.2) is 0 Å². The third-order valence-electron chi connectivity index (χ3n) is 8.88. The summed E-state index contributed by atoms with van der Waals surface area (Å²) >= 11 is 0. The third kappa shape index (κ3) is 1.88. The zero-order valence-corrected chi connectivity index (χ0v) is 14.3. The average Bonchev–Trinajstić information content (AvgIpc) is 2.84. The van der Waals surface area contributed by atoms with Gasteiger partial charge in [0.05, 0.1) is 5.92 Å². The Balaban J connectivity index is 1.63. The van der Waals surface area contributed by atoms with Crippen LogP contribution in [0, 0.1) is 40.4 Å². The standard InChI is InChI=1S/C20H32O2/c1-19-11-4-3-5-13(19)6-7-14-15-8-9-17(18(21)22)20(15,2)12-10-16(14)19/h13-17H,3-12H2,1-2H3,(H,21,22)/t13?,14-,15-,16-,17+,19-,20-/m0/s1. The summed E-state index contributed by atoms with van der Waals surface area (Å²) < 4.78 is 0. The van der Waals surface area contributed by atoms with Crippen molar-refractivity contribution in [2.45, 2.75) is 78.1 Å². The molecule has 0 radical (unpaired) electrons. The summed E-state index contributed by atoms with van der Waals surface area (Å²) in [5, 5.41) is 9.65. The Morgan fingerprint density at radius 3 is 2.41 bits per heavy atom. The first-order chi connectivity index (χ1) is 10.5. The molecule has 0 aliphatic heterocycles. The van der Waals surface area contributed by atoms with Crippen molar-refractivity contribution in [1.82, 2.24) is 0 Å². The molecule has 4 saturated carbocycles. The van der Waals surface area contributed by atoms with Crippen molar-refractivity contribution >= 4 is 5.97 Å². The fraction of sp³-hybridized carbons (Fsp3) is 0.950. The molecule has 124 valence electrons. The van der Waals surface area contributed by atoms with E-state index in [9.17, 15) is 9.90 Å². The summed E-state index contributed by atoms with van der Waals surface area (Å²) in [4.78, 5) is 11.7. The van der Waals surface area contributed by atoms with Crippen LogP contribution in [0.5, 0.6) is 0 Å². The lowest BCUT2D eigenvalue weighted by Gasteiger charge is -2.60. The number of hydrogen-bond donors (Lipinski definition) is 1. The van der Waals surface area contributed by atoms with E-state index in [4.69, 9.17) is 0 Å². The van der Waals surface area contributed by atoms with Crippen molar-refractivity contribution in [3.8, 4) is 0 Å². The third-order valence-corrected chi connectivity index (χ3v) is 8.88. The topological polar surface area (TPSA) is 37.3 Å². The van der Waals surface area contributed by atoms with Crippen LogP contribution in [0.25, 0.3) is 0 Å². The van der Waals surface area contributed by atoms with Gasteiger partial charge in [-0.3, -0.25) is 4.79 Å². The van der Waals surface area contributed by atoms with E-state index in [0.29, 0.717) is 11.3 Å². The van der Waals surface area contributed by atoms with Gasteiger partial charge in [0.1, 0.15) is 0 Å². The second kappa shape index (κ2) is 4.98. The lowest BCUT2D eigenvalue weighted by molar-refractivity contribution is -0.152. The minimum Gasteiger partial charge on any atom is -0.481 e. The van der Waals surface area contributed by atoms with Gasteiger partial charge in [-0.15, -0.1) is 0 Å². The van der Waals surface area contributed by atoms with Crippen molar-refractivity contribution in [2.24, 2.45) is 40.4 Å². The molecule has 0 aromatic carbocycles. The van der Waals surface area contributed by atoms with Crippen molar-refractivity contribution in [3.05, 3.63) is 0 Å². The molecule has 4 aliphatic rings. The van der Waals surface area contributed by atoms with E-state index in [-0.39, 0.29) is 11.3 Å². The predicted octanol–water partition coefficient (Wildman–Crippen LogP) is 5.12. The molecule has 0 aromatic heterocycles. The second-order valence-corrected chi connectivity index (χ2v) is 9.42. The molecule has 0 spiro atoms. The second-order valence-electron chi connectivity index (χ2n) is 9.42. The molecule has 1 N–H and O–H groups in total. The molecule has 4 rings (SSSR count). The highest BCUT2D eigenvalue weighted by Crippen LogP contribution is 2.67. The van der Waals surface area contributed by atoms with E-state index in [2.05, 4.69) is 13.8 Å². The maximum Gasteiger partial charge on any atom is 0.307 e. The van der Waals surface area contributed by atoms with Crippen LogP contribution in [-0.4, -0.2) is 11.1 Å². The lowest BCUT2D eigenvalue weighted by atomic mass is 9.45. The minimum absolute atomic E-state index is 0.0738. The summed E-state index contributed by atoms with van der Waals surface area (Å²) in [5.74, 6) is 2.76. The SMILES string of the molecule is C[C@]12CC[C@H]3[C@@H](CCC4CCCC[C@@]43C)[C@@H]1CC[C@@H]2C(=O)O. The first-order valence-corrected chi connectivity index (χ1v) is 9.69. The summed E-state index contributed by atoms with van der Waals surface area (Å²) in [5.41, 5.74) is 0.661. The maximum atomic E-state index is 11.7. The highest BCUT2D eigenvalue weighted by Gasteiger charge is 2.60. The highest BCUT2D eigenvalue weighted by atomic mass is 16.4. The zero-order chi connectivity index (χ0) is 15.5. The molecule has 2 heteroatoms. The van der Waals surface area contributed by atoms with Crippen molar-refractivity contribution < 1.29 is 9.90 Å². The predicted molar refractivity (Wildman–Crippen MR) is 87.5 cm³/mol. The van der Waals surface area contributed by atoms with Crippen LogP contribution in [0.3, 0.4) is 0 Å². The Kier molecular flexibility index (Phi) is 3.40. The fourth-order valence-corrected chi connectivity index (χ4v) is 7.70. The molecule has 0 amide bonds. The van der Waals surface area contributed by atoms with Gasteiger partial charge in [0, 0.05) is 0 Å². The summed E-state index contributed by atoms with van der Waals surface area (Å²) in [6, 6.07) is 0. The Labute approximate surface area is 135 Å². The van der Waals surface area contributed by atoms with Crippen LogP contribution < -0.4 is 0 Å². The van der Waals surface area contributed by atoms with Gasteiger partial charge in [0.15, 0.2) is 0 Å². The van der Waals surface area contributed by atoms with E-state index in [1.807, 2.05) is 0 Å². The first kappa shape index (κ1) is 15.0. The highest BCUT2D eigenvalue weighted by molar-refractivity contribution is 5.71. The van der Waals surface area contributed by atoms with E-state index < -0.39 is 5.97 Å². The summed E-state index contributed by atoms with van der Waals surface area (Å²) in [6.07, 6.45) is 13.1. The maximum absolute atomic E-state index is 11.7. The molecule has 0 bridgehead atoms. The molecular formula is C20H32O2. The number of carboxylic acids is 1. The number of rotatable bonds is 1. The van der Waals surface area contributed by atoms with Gasteiger partial charge in [0.25, 0.3) is 0 Å². The smallest absolute Gasteiger partial charge is 0.307 e. The quantitative estimate of drug-likeness (QED) is 0.730. The van der Waals surface area contributed by atoms with Crippen LogP contribution in [0.4, 0.5) is 0 Å². The Bertz CT molecular complexity index is 472. The Morgan fingerprint density at radius 1 is 0.864 bits per heavy atom. The van der Waals surface area contributed by atoms with E-state index >= 15 is 0 Å². The lowest BCUT2D eigenvalue weighted by Crippen LogP contribution is -2.53. The summed E-state index contributed by atoms with van der Waals surface area (Å²) in [6.45, 7) is 4.91. The van der Waals surface area contributed by atoms with Gasteiger partial charge in [0.2, 0.25) is 0 Å². The van der Waals surface area contributed by atoms with E-state index in [0.717, 1.165) is 30.6 Å².